The fraction of sp³-hybridized carbons (Fsp3) is 0.250. The SMILES string of the molecule is CCOC(=O)c1ccc(N2CCN(C(=O)c3cccnc3Sc3ccccc3)CC2)nc1. The number of ether oxygens (including phenoxy) is 1. The minimum atomic E-state index is -0.373. The maximum atomic E-state index is 13.2. The van der Waals surface area contributed by atoms with E-state index in [0.29, 0.717) is 48.9 Å². The van der Waals surface area contributed by atoms with Gasteiger partial charge < -0.3 is 14.5 Å². The van der Waals surface area contributed by atoms with Gasteiger partial charge in [0, 0.05) is 43.5 Å². The van der Waals surface area contributed by atoms with Crippen LogP contribution in [-0.2, 0) is 4.74 Å². The summed E-state index contributed by atoms with van der Waals surface area (Å²) in [6, 6.07) is 17.1. The van der Waals surface area contributed by atoms with Crippen molar-refractivity contribution in [3.05, 3.63) is 78.1 Å². The van der Waals surface area contributed by atoms with E-state index in [1.165, 1.54) is 18.0 Å². The number of carbonyl (C=O) groups excluding carboxylic acids is 2. The van der Waals surface area contributed by atoms with Crippen molar-refractivity contribution in [2.75, 3.05) is 37.7 Å². The summed E-state index contributed by atoms with van der Waals surface area (Å²) in [4.78, 5) is 38.9. The van der Waals surface area contributed by atoms with Crippen LogP contribution in [0.4, 0.5) is 5.82 Å². The van der Waals surface area contributed by atoms with Crippen LogP contribution < -0.4 is 4.90 Å². The van der Waals surface area contributed by atoms with Gasteiger partial charge in [0.05, 0.1) is 17.7 Å². The molecule has 0 spiro atoms. The first-order chi connectivity index (χ1) is 15.7. The fourth-order valence-corrected chi connectivity index (χ4v) is 4.35. The molecular weight excluding hydrogens is 424 g/mol. The average Bonchev–Trinajstić information content (AvgIpc) is 2.85. The van der Waals surface area contributed by atoms with Crippen molar-refractivity contribution in [1.82, 2.24) is 14.9 Å². The number of esters is 1. The first-order valence-electron chi connectivity index (χ1n) is 10.5. The number of pyridine rings is 2. The van der Waals surface area contributed by atoms with Gasteiger partial charge in [-0.25, -0.2) is 14.8 Å². The Labute approximate surface area is 191 Å². The standard InChI is InChI=1S/C24H24N4O3S/c1-2-31-24(30)18-10-11-21(26-17-18)27-13-15-28(16-14-27)23(29)20-9-6-12-25-22(20)32-19-7-4-3-5-8-19/h3-12,17H,2,13-16H2,1H3. The quantitative estimate of drug-likeness (QED) is 0.532. The van der Waals surface area contributed by atoms with Crippen LogP contribution in [0.5, 0.6) is 0 Å². The monoisotopic (exact) mass is 448 g/mol. The van der Waals surface area contributed by atoms with E-state index in [-0.39, 0.29) is 11.9 Å². The number of rotatable bonds is 6. The number of benzene rings is 1. The van der Waals surface area contributed by atoms with E-state index >= 15 is 0 Å². The molecule has 3 heterocycles. The lowest BCUT2D eigenvalue weighted by Crippen LogP contribution is -2.49. The first kappa shape index (κ1) is 21.8. The number of anilines is 1. The number of piperazine rings is 1. The van der Waals surface area contributed by atoms with Gasteiger partial charge in [-0.15, -0.1) is 0 Å². The maximum Gasteiger partial charge on any atom is 0.339 e. The smallest absolute Gasteiger partial charge is 0.339 e. The summed E-state index contributed by atoms with van der Waals surface area (Å²) in [6.07, 6.45) is 3.25. The first-order valence-corrected chi connectivity index (χ1v) is 11.3. The van der Waals surface area contributed by atoms with E-state index < -0.39 is 0 Å². The normalized spacial score (nSPS) is 13.7. The molecule has 2 aromatic heterocycles. The Bertz CT molecular complexity index is 1070. The second kappa shape index (κ2) is 10.3. The molecule has 1 fully saturated rings. The molecule has 1 amide bonds. The highest BCUT2D eigenvalue weighted by molar-refractivity contribution is 7.99. The molecule has 0 radical (unpaired) electrons. The third-order valence-electron chi connectivity index (χ3n) is 5.11. The van der Waals surface area contributed by atoms with E-state index in [9.17, 15) is 9.59 Å². The minimum absolute atomic E-state index is 0.0122. The number of amides is 1. The summed E-state index contributed by atoms with van der Waals surface area (Å²) in [5.41, 5.74) is 1.05. The molecule has 0 N–H and O–H groups in total. The van der Waals surface area contributed by atoms with Crippen LogP contribution in [0.2, 0.25) is 0 Å². The Kier molecular flexibility index (Phi) is 7.01. The van der Waals surface area contributed by atoms with E-state index in [0.717, 1.165) is 10.7 Å². The van der Waals surface area contributed by atoms with E-state index in [2.05, 4.69) is 14.9 Å². The lowest BCUT2D eigenvalue weighted by Gasteiger charge is -2.35. The highest BCUT2D eigenvalue weighted by Crippen LogP contribution is 2.29. The van der Waals surface area contributed by atoms with Crippen LogP contribution in [0.1, 0.15) is 27.6 Å². The topological polar surface area (TPSA) is 75.6 Å². The summed E-state index contributed by atoms with van der Waals surface area (Å²) in [7, 11) is 0. The molecule has 32 heavy (non-hydrogen) atoms. The van der Waals surface area contributed by atoms with E-state index in [1.807, 2.05) is 47.4 Å². The molecule has 0 unspecified atom stereocenters. The van der Waals surface area contributed by atoms with Crippen LogP contribution in [0.15, 0.2) is 76.9 Å². The van der Waals surface area contributed by atoms with Crippen LogP contribution in [0.25, 0.3) is 0 Å². The predicted molar refractivity (Wildman–Crippen MR) is 123 cm³/mol. The zero-order valence-corrected chi connectivity index (χ0v) is 18.6. The number of aromatic nitrogens is 2. The number of carbonyl (C=O) groups is 2. The molecule has 8 heteroatoms. The Morgan fingerprint density at radius 1 is 0.969 bits per heavy atom. The van der Waals surface area contributed by atoms with Gasteiger partial charge in [0.25, 0.3) is 5.91 Å². The van der Waals surface area contributed by atoms with Gasteiger partial charge in [-0.2, -0.15) is 0 Å². The Morgan fingerprint density at radius 2 is 1.75 bits per heavy atom. The van der Waals surface area contributed by atoms with Crippen LogP contribution in [0, 0.1) is 0 Å². The van der Waals surface area contributed by atoms with E-state index in [4.69, 9.17) is 4.74 Å². The molecule has 0 atom stereocenters. The van der Waals surface area contributed by atoms with Gasteiger partial charge in [0.1, 0.15) is 10.8 Å². The zero-order chi connectivity index (χ0) is 22.3. The van der Waals surface area contributed by atoms with Gasteiger partial charge >= 0.3 is 5.97 Å². The molecule has 1 aliphatic heterocycles. The van der Waals surface area contributed by atoms with Crippen molar-refractivity contribution in [2.45, 2.75) is 16.8 Å². The van der Waals surface area contributed by atoms with Crippen LogP contribution in [-0.4, -0.2) is 59.5 Å². The molecule has 7 nitrogen and oxygen atoms in total. The van der Waals surface area contributed by atoms with Crippen molar-refractivity contribution in [2.24, 2.45) is 0 Å². The highest BCUT2D eigenvalue weighted by atomic mass is 32.2. The van der Waals surface area contributed by atoms with Gasteiger partial charge in [0.15, 0.2) is 0 Å². The molecule has 164 valence electrons. The van der Waals surface area contributed by atoms with Crippen LogP contribution >= 0.6 is 11.8 Å². The summed E-state index contributed by atoms with van der Waals surface area (Å²) < 4.78 is 5.00. The lowest BCUT2D eigenvalue weighted by molar-refractivity contribution is 0.0525. The summed E-state index contributed by atoms with van der Waals surface area (Å²) in [5.74, 6) is 0.399. The Hall–Kier alpha value is -3.39. The molecule has 1 aromatic carbocycles. The highest BCUT2D eigenvalue weighted by Gasteiger charge is 2.25. The summed E-state index contributed by atoms with van der Waals surface area (Å²) in [6.45, 7) is 4.61. The molecular formula is C24H24N4O3S. The predicted octanol–water partition coefficient (Wildman–Crippen LogP) is 3.77. The van der Waals surface area contributed by atoms with Gasteiger partial charge in [0.2, 0.25) is 0 Å². The number of hydrogen-bond acceptors (Lipinski definition) is 7. The summed E-state index contributed by atoms with van der Waals surface area (Å²) in [5, 5.41) is 0.711. The average molecular weight is 449 g/mol. The molecule has 3 aromatic rings. The van der Waals surface area contributed by atoms with Crippen molar-refractivity contribution >= 4 is 29.5 Å². The fourth-order valence-electron chi connectivity index (χ4n) is 3.45. The second-order valence-electron chi connectivity index (χ2n) is 7.18. The molecule has 4 rings (SSSR count). The summed E-state index contributed by atoms with van der Waals surface area (Å²) >= 11 is 1.49. The van der Waals surface area contributed by atoms with Gasteiger partial charge in [-0.05, 0) is 43.3 Å². The third kappa shape index (κ3) is 5.08. The molecule has 0 bridgehead atoms. The van der Waals surface area contributed by atoms with Crippen molar-refractivity contribution in [1.29, 1.82) is 0 Å². The largest absolute Gasteiger partial charge is 0.462 e. The second-order valence-corrected chi connectivity index (χ2v) is 8.24. The molecule has 0 saturated carbocycles. The van der Waals surface area contributed by atoms with Crippen molar-refractivity contribution in [3.8, 4) is 0 Å². The van der Waals surface area contributed by atoms with Crippen LogP contribution in [0.3, 0.4) is 0 Å². The van der Waals surface area contributed by atoms with E-state index in [1.54, 1.807) is 25.3 Å². The lowest BCUT2D eigenvalue weighted by atomic mass is 10.2. The molecule has 1 saturated heterocycles. The van der Waals surface area contributed by atoms with Gasteiger partial charge in [-0.3, -0.25) is 4.79 Å². The maximum absolute atomic E-state index is 13.2. The Balaban J connectivity index is 1.39. The number of nitrogens with zero attached hydrogens (tertiary/aromatic N) is 4. The zero-order valence-electron chi connectivity index (χ0n) is 17.8. The Morgan fingerprint density at radius 3 is 2.44 bits per heavy atom. The minimum Gasteiger partial charge on any atom is -0.462 e. The van der Waals surface area contributed by atoms with Crippen molar-refractivity contribution in [3.63, 3.8) is 0 Å². The molecule has 0 aliphatic carbocycles. The van der Waals surface area contributed by atoms with Gasteiger partial charge in [-0.1, -0.05) is 30.0 Å². The third-order valence-corrected chi connectivity index (χ3v) is 6.14. The number of hydrogen-bond donors (Lipinski definition) is 0. The molecule has 1 aliphatic rings. The van der Waals surface area contributed by atoms with Crippen molar-refractivity contribution < 1.29 is 14.3 Å².